The van der Waals surface area contributed by atoms with E-state index < -0.39 is 0 Å². The maximum atomic E-state index is 5.62. The highest BCUT2D eigenvalue weighted by Gasteiger charge is 2.15. The lowest BCUT2D eigenvalue weighted by Crippen LogP contribution is -2.20. The van der Waals surface area contributed by atoms with Crippen LogP contribution in [0.25, 0.3) is 0 Å². The zero-order valence-electron chi connectivity index (χ0n) is 11.2. The van der Waals surface area contributed by atoms with Crippen LogP contribution in [0, 0.1) is 0 Å². The molecule has 2 N–H and O–H groups in total. The van der Waals surface area contributed by atoms with Crippen molar-refractivity contribution >= 4 is 0 Å². The van der Waals surface area contributed by atoms with Gasteiger partial charge in [-0.05, 0) is 51.2 Å². The second-order valence-corrected chi connectivity index (χ2v) is 4.49. The van der Waals surface area contributed by atoms with Crippen molar-refractivity contribution in [3.8, 4) is 11.5 Å². The Kier molecular flexibility index (Phi) is 4.84. The van der Waals surface area contributed by atoms with Gasteiger partial charge >= 0.3 is 0 Å². The van der Waals surface area contributed by atoms with Gasteiger partial charge in [0.1, 0.15) is 13.2 Å². The minimum atomic E-state index is 0.370. The van der Waals surface area contributed by atoms with E-state index >= 15 is 0 Å². The lowest BCUT2D eigenvalue weighted by molar-refractivity contribution is 0.171. The average Bonchev–Trinajstić information content (AvgIpc) is 2.43. The van der Waals surface area contributed by atoms with E-state index in [9.17, 15) is 0 Å². The number of benzene rings is 1. The molecule has 1 aliphatic heterocycles. The summed E-state index contributed by atoms with van der Waals surface area (Å²) >= 11 is 0. The van der Waals surface area contributed by atoms with Crippen LogP contribution in [-0.4, -0.2) is 33.9 Å². The molecule has 2 rings (SSSR count). The number of ether oxygens (including phenoxy) is 2. The summed E-state index contributed by atoms with van der Waals surface area (Å²) < 4.78 is 11.2. The van der Waals surface area contributed by atoms with Crippen molar-refractivity contribution in [1.29, 1.82) is 0 Å². The maximum Gasteiger partial charge on any atom is 0.161 e. The van der Waals surface area contributed by atoms with E-state index in [4.69, 9.17) is 9.47 Å². The molecule has 1 aromatic rings. The first-order valence-electron chi connectivity index (χ1n) is 6.56. The first kappa shape index (κ1) is 13.2. The molecule has 0 saturated heterocycles. The third kappa shape index (κ3) is 3.15. The lowest BCUT2D eigenvalue weighted by atomic mass is 10.0. The van der Waals surface area contributed by atoms with Gasteiger partial charge in [0.25, 0.3) is 0 Å². The molecule has 1 atom stereocenters. The molecular weight excluding hydrogens is 228 g/mol. The lowest BCUT2D eigenvalue weighted by Gasteiger charge is -2.22. The van der Waals surface area contributed by atoms with Crippen molar-refractivity contribution in [2.24, 2.45) is 0 Å². The summed E-state index contributed by atoms with van der Waals surface area (Å²) in [5.74, 6) is 1.72. The van der Waals surface area contributed by atoms with Gasteiger partial charge in [0, 0.05) is 6.04 Å². The third-order valence-electron chi connectivity index (χ3n) is 3.24. The van der Waals surface area contributed by atoms with Gasteiger partial charge < -0.3 is 20.1 Å². The van der Waals surface area contributed by atoms with Crippen LogP contribution in [0.3, 0.4) is 0 Å². The zero-order valence-corrected chi connectivity index (χ0v) is 11.2. The molecule has 0 bridgehead atoms. The Labute approximate surface area is 109 Å². The van der Waals surface area contributed by atoms with Crippen LogP contribution in [0.4, 0.5) is 0 Å². The molecule has 0 aliphatic carbocycles. The van der Waals surface area contributed by atoms with Crippen molar-refractivity contribution in [1.82, 2.24) is 10.6 Å². The topological polar surface area (TPSA) is 42.5 Å². The van der Waals surface area contributed by atoms with Crippen molar-refractivity contribution in [2.45, 2.75) is 18.9 Å². The smallest absolute Gasteiger partial charge is 0.161 e. The van der Waals surface area contributed by atoms with E-state index in [2.05, 4.69) is 22.8 Å². The van der Waals surface area contributed by atoms with Crippen LogP contribution in [0.2, 0.25) is 0 Å². The fourth-order valence-electron chi connectivity index (χ4n) is 2.24. The Morgan fingerprint density at radius 3 is 2.67 bits per heavy atom. The van der Waals surface area contributed by atoms with E-state index in [0.717, 1.165) is 30.9 Å². The standard InChI is InChI=1S/C14H22N2O2/c1-15-7-3-4-12(16-2)11-5-6-13-14(10-11)18-9-8-17-13/h5-6,10,12,15-16H,3-4,7-9H2,1-2H3. The minimum Gasteiger partial charge on any atom is -0.486 e. The summed E-state index contributed by atoms with van der Waals surface area (Å²) in [6.07, 6.45) is 2.26. The summed E-state index contributed by atoms with van der Waals surface area (Å²) in [5.41, 5.74) is 1.26. The highest BCUT2D eigenvalue weighted by atomic mass is 16.6. The molecule has 0 aromatic heterocycles. The Morgan fingerprint density at radius 1 is 1.17 bits per heavy atom. The van der Waals surface area contributed by atoms with E-state index in [1.54, 1.807) is 0 Å². The van der Waals surface area contributed by atoms with Crippen molar-refractivity contribution in [3.63, 3.8) is 0 Å². The van der Waals surface area contributed by atoms with Crippen LogP contribution < -0.4 is 20.1 Å². The van der Waals surface area contributed by atoms with Gasteiger partial charge in [-0.3, -0.25) is 0 Å². The number of fused-ring (bicyclic) bond motifs is 1. The van der Waals surface area contributed by atoms with Crippen molar-refractivity contribution in [2.75, 3.05) is 33.9 Å². The Morgan fingerprint density at radius 2 is 1.94 bits per heavy atom. The normalized spacial score (nSPS) is 15.4. The Balaban J connectivity index is 2.05. The number of hydrogen-bond donors (Lipinski definition) is 2. The van der Waals surface area contributed by atoms with Gasteiger partial charge in [0.05, 0.1) is 0 Å². The molecular formula is C14H22N2O2. The molecule has 1 heterocycles. The number of nitrogens with one attached hydrogen (secondary N) is 2. The van der Waals surface area contributed by atoms with Gasteiger partial charge in [0.15, 0.2) is 11.5 Å². The molecule has 4 nitrogen and oxygen atoms in total. The van der Waals surface area contributed by atoms with Crippen LogP contribution in [0.5, 0.6) is 11.5 Å². The first-order chi connectivity index (χ1) is 8.85. The Hall–Kier alpha value is -1.26. The van der Waals surface area contributed by atoms with E-state index in [1.807, 2.05) is 20.2 Å². The minimum absolute atomic E-state index is 0.370. The highest BCUT2D eigenvalue weighted by molar-refractivity contribution is 5.44. The molecule has 1 aromatic carbocycles. The quantitative estimate of drug-likeness (QED) is 0.754. The number of hydrogen-bond acceptors (Lipinski definition) is 4. The fourth-order valence-corrected chi connectivity index (χ4v) is 2.24. The second kappa shape index (κ2) is 6.61. The fraction of sp³-hybridized carbons (Fsp3) is 0.571. The maximum absolute atomic E-state index is 5.62. The molecule has 1 unspecified atom stereocenters. The third-order valence-corrected chi connectivity index (χ3v) is 3.24. The number of rotatable bonds is 6. The molecule has 0 spiro atoms. The summed E-state index contributed by atoms with van der Waals surface area (Å²) in [6.45, 7) is 2.33. The van der Waals surface area contributed by atoms with E-state index in [1.165, 1.54) is 5.56 Å². The van der Waals surface area contributed by atoms with Gasteiger partial charge in [-0.25, -0.2) is 0 Å². The van der Waals surface area contributed by atoms with Gasteiger partial charge in [-0.2, -0.15) is 0 Å². The van der Waals surface area contributed by atoms with Crippen LogP contribution in [0.15, 0.2) is 18.2 Å². The molecule has 0 saturated carbocycles. The van der Waals surface area contributed by atoms with Crippen molar-refractivity contribution in [3.05, 3.63) is 23.8 Å². The van der Waals surface area contributed by atoms with Gasteiger partial charge in [-0.15, -0.1) is 0 Å². The van der Waals surface area contributed by atoms with Crippen LogP contribution in [0.1, 0.15) is 24.4 Å². The SMILES string of the molecule is CNCCCC(NC)c1ccc2c(c1)OCCO2. The van der Waals surface area contributed by atoms with E-state index in [-0.39, 0.29) is 0 Å². The largest absolute Gasteiger partial charge is 0.486 e. The summed E-state index contributed by atoms with van der Waals surface area (Å²) in [5, 5.41) is 6.54. The Bertz CT molecular complexity index is 382. The molecule has 4 heteroatoms. The average molecular weight is 250 g/mol. The molecule has 18 heavy (non-hydrogen) atoms. The van der Waals surface area contributed by atoms with Crippen LogP contribution in [-0.2, 0) is 0 Å². The highest BCUT2D eigenvalue weighted by Crippen LogP contribution is 2.33. The molecule has 1 aliphatic rings. The predicted molar refractivity (Wildman–Crippen MR) is 72.4 cm³/mol. The molecule has 0 fully saturated rings. The zero-order chi connectivity index (χ0) is 12.8. The summed E-state index contributed by atoms with van der Waals surface area (Å²) in [4.78, 5) is 0. The van der Waals surface area contributed by atoms with Crippen LogP contribution >= 0.6 is 0 Å². The summed E-state index contributed by atoms with van der Waals surface area (Å²) in [7, 11) is 3.99. The monoisotopic (exact) mass is 250 g/mol. The van der Waals surface area contributed by atoms with Gasteiger partial charge in [-0.1, -0.05) is 6.07 Å². The second-order valence-electron chi connectivity index (χ2n) is 4.49. The van der Waals surface area contributed by atoms with Gasteiger partial charge in [0.2, 0.25) is 0 Å². The van der Waals surface area contributed by atoms with E-state index in [0.29, 0.717) is 19.3 Å². The molecule has 0 amide bonds. The molecule has 0 radical (unpaired) electrons. The molecule has 100 valence electrons. The summed E-state index contributed by atoms with van der Waals surface area (Å²) in [6, 6.07) is 6.59. The first-order valence-corrected chi connectivity index (χ1v) is 6.56. The predicted octanol–water partition coefficient (Wildman–Crippen LogP) is 1.72. The van der Waals surface area contributed by atoms with Crippen molar-refractivity contribution < 1.29 is 9.47 Å².